The molecule has 8 nitrogen and oxygen atoms in total. The molecule has 0 atom stereocenters. The highest BCUT2D eigenvalue weighted by molar-refractivity contribution is 6.27. The van der Waals surface area contributed by atoms with Gasteiger partial charge >= 0.3 is 11.9 Å². The normalized spacial score (nSPS) is 20.9. The molecular weight excluding hydrogens is 448 g/mol. The predicted molar refractivity (Wildman–Crippen MR) is 133 cm³/mol. The first-order valence-electron chi connectivity index (χ1n) is 12.1. The van der Waals surface area contributed by atoms with Crippen molar-refractivity contribution < 1.29 is 29.3 Å². The molecule has 190 valence electrons. The van der Waals surface area contributed by atoms with Crippen LogP contribution < -0.4 is 9.47 Å². The van der Waals surface area contributed by atoms with Crippen molar-refractivity contribution in [1.29, 1.82) is 0 Å². The summed E-state index contributed by atoms with van der Waals surface area (Å²) in [5.41, 5.74) is 2.74. The van der Waals surface area contributed by atoms with Gasteiger partial charge in [0.1, 0.15) is 11.5 Å². The van der Waals surface area contributed by atoms with E-state index in [2.05, 4.69) is 46.2 Å². The fourth-order valence-electron chi connectivity index (χ4n) is 5.03. The fourth-order valence-corrected chi connectivity index (χ4v) is 5.03. The number of aliphatic carboxylic acids is 2. The minimum absolute atomic E-state index is 0.759. The number of methoxy groups -OCH3 is 2. The van der Waals surface area contributed by atoms with E-state index in [-0.39, 0.29) is 0 Å². The van der Waals surface area contributed by atoms with Gasteiger partial charge in [-0.1, -0.05) is 30.3 Å². The van der Waals surface area contributed by atoms with Gasteiger partial charge in [-0.05, 0) is 55.4 Å². The van der Waals surface area contributed by atoms with Crippen LogP contribution in [0.3, 0.4) is 0 Å². The van der Waals surface area contributed by atoms with Crippen molar-refractivity contribution in [3.63, 3.8) is 0 Å². The Kier molecular flexibility index (Phi) is 9.93. The predicted octanol–water partition coefficient (Wildman–Crippen LogP) is 3.70. The SMILES string of the molecule is COc1ccc(OC)c(CN2CCN(C3CCC(c4ccccc4)CC3)CC2)c1.O=C(O)C(=O)O. The fraction of sp³-hybridized carbons (Fsp3) is 0.481. The van der Waals surface area contributed by atoms with Crippen LogP contribution in [-0.2, 0) is 16.1 Å². The van der Waals surface area contributed by atoms with E-state index in [1.165, 1.54) is 49.9 Å². The van der Waals surface area contributed by atoms with Crippen LogP contribution in [0.25, 0.3) is 0 Å². The van der Waals surface area contributed by atoms with E-state index in [4.69, 9.17) is 29.3 Å². The van der Waals surface area contributed by atoms with Crippen LogP contribution in [0.1, 0.15) is 42.7 Å². The Balaban J connectivity index is 0.000000509. The molecule has 1 heterocycles. The zero-order valence-electron chi connectivity index (χ0n) is 20.6. The molecule has 2 aromatic carbocycles. The third kappa shape index (κ3) is 7.70. The average molecular weight is 485 g/mol. The van der Waals surface area contributed by atoms with Crippen LogP contribution in [0.15, 0.2) is 48.5 Å². The second kappa shape index (κ2) is 13.1. The molecule has 4 rings (SSSR count). The molecule has 1 aliphatic heterocycles. The van der Waals surface area contributed by atoms with Gasteiger partial charge in [0, 0.05) is 44.3 Å². The minimum Gasteiger partial charge on any atom is -0.497 e. The van der Waals surface area contributed by atoms with Crippen LogP contribution >= 0.6 is 0 Å². The summed E-state index contributed by atoms with van der Waals surface area (Å²) in [6, 6.07) is 17.9. The van der Waals surface area contributed by atoms with E-state index < -0.39 is 11.9 Å². The number of hydrogen-bond donors (Lipinski definition) is 2. The molecule has 1 saturated carbocycles. The number of carboxylic acids is 2. The third-order valence-electron chi connectivity index (χ3n) is 6.96. The van der Waals surface area contributed by atoms with E-state index in [1.807, 2.05) is 12.1 Å². The molecule has 2 aromatic rings. The van der Waals surface area contributed by atoms with E-state index in [0.29, 0.717) is 0 Å². The molecule has 2 N–H and O–H groups in total. The maximum atomic E-state index is 9.10. The lowest BCUT2D eigenvalue weighted by Gasteiger charge is -2.42. The van der Waals surface area contributed by atoms with Gasteiger partial charge in [-0.3, -0.25) is 9.80 Å². The molecule has 1 saturated heterocycles. The topological polar surface area (TPSA) is 99.5 Å². The zero-order valence-corrected chi connectivity index (χ0v) is 20.6. The van der Waals surface area contributed by atoms with Gasteiger partial charge in [0.05, 0.1) is 14.2 Å². The van der Waals surface area contributed by atoms with Crippen molar-refractivity contribution in [2.24, 2.45) is 0 Å². The smallest absolute Gasteiger partial charge is 0.414 e. The quantitative estimate of drug-likeness (QED) is 0.599. The van der Waals surface area contributed by atoms with Gasteiger partial charge in [0.2, 0.25) is 0 Å². The summed E-state index contributed by atoms with van der Waals surface area (Å²) in [6.07, 6.45) is 5.33. The molecule has 2 aliphatic rings. The van der Waals surface area contributed by atoms with E-state index in [1.54, 1.807) is 14.2 Å². The highest BCUT2D eigenvalue weighted by Gasteiger charge is 2.29. The molecule has 1 aliphatic carbocycles. The van der Waals surface area contributed by atoms with Crippen molar-refractivity contribution in [2.75, 3.05) is 40.4 Å². The maximum absolute atomic E-state index is 9.10. The largest absolute Gasteiger partial charge is 0.497 e. The maximum Gasteiger partial charge on any atom is 0.414 e. The van der Waals surface area contributed by atoms with Crippen molar-refractivity contribution in [1.82, 2.24) is 9.80 Å². The minimum atomic E-state index is -1.82. The summed E-state index contributed by atoms with van der Waals surface area (Å²) in [4.78, 5) is 23.5. The first-order chi connectivity index (χ1) is 16.9. The lowest BCUT2D eigenvalue weighted by Crippen LogP contribution is -2.50. The van der Waals surface area contributed by atoms with E-state index in [9.17, 15) is 0 Å². The summed E-state index contributed by atoms with van der Waals surface area (Å²) < 4.78 is 11.0. The molecule has 0 bridgehead atoms. The molecule has 0 amide bonds. The Bertz CT molecular complexity index is 939. The van der Waals surface area contributed by atoms with Crippen molar-refractivity contribution >= 4 is 11.9 Å². The zero-order chi connectivity index (χ0) is 25.2. The van der Waals surface area contributed by atoms with Gasteiger partial charge in [-0.2, -0.15) is 0 Å². The van der Waals surface area contributed by atoms with Crippen molar-refractivity contribution in [3.05, 3.63) is 59.7 Å². The molecule has 35 heavy (non-hydrogen) atoms. The van der Waals surface area contributed by atoms with Gasteiger partial charge in [0.15, 0.2) is 0 Å². The monoisotopic (exact) mass is 484 g/mol. The number of hydrogen-bond acceptors (Lipinski definition) is 6. The summed E-state index contributed by atoms with van der Waals surface area (Å²) in [7, 11) is 3.46. The van der Waals surface area contributed by atoms with Crippen molar-refractivity contribution in [3.8, 4) is 11.5 Å². The molecular formula is C27H36N2O6. The molecule has 2 fully saturated rings. The molecule has 0 unspecified atom stereocenters. The Labute approximate surface area is 207 Å². The summed E-state index contributed by atoms with van der Waals surface area (Å²) in [6.45, 7) is 5.52. The van der Waals surface area contributed by atoms with Gasteiger partial charge in [-0.25, -0.2) is 9.59 Å². The lowest BCUT2D eigenvalue weighted by atomic mass is 9.81. The van der Waals surface area contributed by atoms with Crippen LogP contribution in [0.5, 0.6) is 11.5 Å². The molecule has 8 heteroatoms. The summed E-state index contributed by atoms with van der Waals surface area (Å²) in [5, 5.41) is 14.8. The first kappa shape index (κ1) is 26.5. The number of rotatable bonds is 6. The number of benzene rings is 2. The van der Waals surface area contributed by atoms with Crippen LogP contribution in [0, 0.1) is 0 Å². The summed E-state index contributed by atoms with van der Waals surface area (Å²) >= 11 is 0. The lowest BCUT2D eigenvalue weighted by molar-refractivity contribution is -0.159. The van der Waals surface area contributed by atoms with Gasteiger partial charge in [-0.15, -0.1) is 0 Å². The second-order valence-corrected chi connectivity index (χ2v) is 9.02. The third-order valence-corrected chi connectivity index (χ3v) is 6.96. The van der Waals surface area contributed by atoms with Crippen LogP contribution in [0.4, 0.5) is 0 Å². The van der Waals surface area contributed by atoms with Crippen LogP contribution in [0.2, 0.25) is 0 Å². The summed E-state index contributed by atoms with van der Waals surface area (Å²) in [5.74, 6) is -1.04. The average Bonchev–Trinajstić information content (AvgIpc) is 2.90. The first-order valence-corrected chi connectivity index (χ1v) is 12.1. The Hall–Kier alpha value is -3.10. The van der Waals surface area contributed by atoms with E-state index in [0.717, 1.165) is 43.1 Å². The van der Waals surface area contributed by atoms with Gasteiger partial charge < -0.3 is 19.7 Å². The molecule has 0 aromatic heterocycles. The number of carboxylic acid groups (broad SMARTS) is 2. The number of piperazine rings is 1. The Morgan fingerprint density at radius 1 is 0.857 bits per heavy atom. The Morgan fingerprint density at radius 2 is 1.49 bits per heavy atom. The Morgan fingerprint density at radius 3 is 2.03 bits per heavy atom. The van der Waals surface area contributed by atoms with E-state index >= 15 is 0 Å². The number of nitrogens with zero attached hydrogens (tertiary/aromatic N) is 2. The highest BCUT2D eigenvalue weighted by atomic mass is 16.5. The van der Waals surface area contributed by atoms with Crippen LogP contribution in [-0.4, -0.2) is 78.4 Å². The number of ether oxygens (including phenoxy) is 2. The standard InChI is InChI=1S/C25H34N2O2.C2H2O4/c1-28-24-12-13-25(29-2)22(18-24)19-26-14-16-27(17-15-26)23-10-8-21(9-11-23)20-6-4-3-5-7-20;3-1(4)2(5)6/h3-7,12-13,18,21,23H,8-11,14-17,19H2,1-2H3;(H,3,4)(H,5,6). The number of carbonyl (C=O) groups is 2. The molecule has 0 radical (unpaired) electrons. The molecule has 0 spiro atoms. The van der Waals surface area contributed by atoms with Gasteiger partial charge in [0.25, 0.3) is 0 Å². The highest BCUT2D eigenvalue weighted by Crippen LogP contribution is 2.35. The van der Waals surface area contributed by atoms with Crippen molar-refractivity contribution in [2.45, 2.75) is 44.2 Å². The second-order valence-electron chi connectivity index (χ2n) is 9.02.